The van der Waals surface area contributed by atoms with Crippen LogP contribution in [0.4, 0.5) is 4.79 Å². The Kier molecular flexibility index (Phi) is 4.39. The van der Waals surface area contributed by atoms with Crippen molar-refractivity contribution in [2.45, 2.75) is 9.99 Å². The minimum Gasteiger partial charge on any atom is -0.497 e. The molecule has 2 aromatic rings. The van der Waals surface area contributed by atoms with Crippen LogP contribution >= 0.6 is 11.8 Å². The van der Waals surface area contributed by atoms with Crippen LogP contribution in [0, 0.1) is 0 Å². The number of carbonyl (C=O) groups excluding carboxylic acids is 3. The minimum absolute atomic E-state index is 0.190. The van der Waals surface area contributed by atoms with Gasteiger partial charge in [-0.2, -0.15) is 0 Å². The van der Waals surface area contributed by atoms with Crippen molar-refractivity contribution >= 4 is 35.7 Å². The van der Waals surface area contributed by atoms with Gasteiger partial charge in [0.1, 0.15) is 17.1 Å². The van der Waals surface area contributed by atoms with E-state index in [4.69, 9.17) is 9.15 Å². The highest BCUT2D eigenvalue weighted by Gasteiger charge is 2.28. The number of imide groups is 2. The Morgan fingerprint density at radius 1 is 1.00 bits per heavy atom. The van der Waals surface area contributed by atoms with Crippen molar-refractivity contribution < 1.29 is 23.5 Å². The lowest BCUT2D eigenvalue weighted by Gasteiger charge is -2.13. The van der Waals surface area contributed by atoms with Gasteiger partial charge in [0.25, 0.3) is 11.8 Å². The molecule has 0 aliphatic carbocycles. The molecule has 1 aromatic heterocycles. The largest absolute Gasteiger partial charge is 0.497 e. The lowest BCUT2D eigenvalue weighted by atomic mass is 10.1. The fraction of sp³-hybridized carbons (Fsp3) is 0.0625. The highest BCUT2D eigenvalue weighted by atomic mass is 32.2. The van der Waals surface area contributed by atoms with Gasteiger partial charge >= 0.3 is 6.03 Å². The lowest BCUT2D eigenvalue weighted by Crippen LogP contribution is -2.51. The van der Waals surface area contributed by atoms with E-state index in [9.17, 15) is 14.4 Å². The van der Waals surface area contributed by atoms with Crippen LogP contribution in [-0.2, 0) is 9.59 Å². The average Bonchev–Trinajstić information content (AvgIpc) is 2.99. The van der Waals surface area contributed by atoms with Crippen LogP contribution in [0.25, 0.3) is 6.08 Å². The molecule has 2 heterocycles. The second-order valence-corrected chi connectivity index (χ2v) is 5.81. The van der Waals surface area contributed by atoms with Gasteiger partial charge < -0.3 is 9.15 Å². The molecule has 122 valence electrons. The normalized spacial score (nSPS) is 14.2. The molecule has 0 radical (unpaired) electrons. The summed E-state index contributed by atoms with van der Waals surface area (Å²) in [5.41, 5.74) is -0.190. The summed E-state index contributed by atoms with van der Waals surface area (Å²) in [7, 11) is 1.60. The first-order valence-corrected chi connectivity index (χ1v) is 7.67. The predicted octanol–water partition coefficient (Wildman–Crippen LogP) is 2.19. The van der Waals surface area contributed by atoms with Gasteiger partial charge in [0, 0.05) is 4.90 Å². The summed E-state index contributed by atoms with van der Waals surface area (Å²) in [6.07, 6.45) is 1.29. The van der Waals surface area contributed by atoms with Crippen LogP contribution in [0.2, 0.25) is 0 Å². The number of hydrogen-bond donors (Lipinski definition) is 2. The molecule has 4 amide bonds. The van der Waals surface area contributed by atoms with Crippen LogP contribution in [-0.4, -0.2) is 25.0 Å². The van der Waals surface area contributed by atoms with Gasteiger partial charge in [-0.3, -0.25) is 20.2 Å². The highest BCUT2D eigenvalue weighted by molar-refractivity contribution is 7.99. The van der Waals surface area contributed by atoms with Gasteiger partial charge in [-0.1, -0.05) is 11.8 Å². The first-order chi connectivity index (χ1) is 11.5. The first-order valence-electron chi connectivity index (χ1n) is 6.85. The van der Waals surface area contributed by atoms with Gasteiger partial charge in [-0.25, -0.2) is 4.79 Å². The minimum atomic E-state index is -0.836. The van der Waals surface area contributed by atoms with Gasteiger partial charge in [0.05, 0.1) is 7.11 Å². The summed E-state index contributed by atoms with van der Waals surface area (Å²) in [6, 6.07) is 9.97. The topological polar surface area (TPSA) is 97.6 Å². The van der Waals surface area contributed by atoms with Crippen molar-refractivity contribution in [3.05, 3.63) is 47.7 Å². The number of benzene rings is 1. The number of rotatable bonds is 4. The van der Waals surface area contributed by atoms with Crippen molar-refractivity contribution in [1.82, 2.24) is 10.6 Å². The molecule has 24 heavy (non-hydrogen) atoms. The van der Waals surface area contributed by atoms with E-state index in [0.717, 1.165) is 10.6 Å². The second kappa shape index (κ2) is 6.63. The van der Waals surface area contributed by atoms with E-state index in [-0.39, 0.29) is 5.57 Å². The summed E-state index contributed by atoms with van der Waals surface area (Å²) < 4.78 is 10.7. The zero-order valence-corrected chi connectivity index (χ0v) is 13.3. The molecule has 7 nitrogen and oxygen atoms in total. The molecule has 0 saturated carbocycles. The number of hydrogen-bond acceptors (Lipinski definition) is 6. The monoisotopic (exact) mass is 344 g/mol. The van der Waals surface area contributed by atoms with Gasteiger partial charge in [-0.15, -0.1) is 0 Å². The molecule has 1 aromatic carbocycles. The van der Waals surface area contributed by atoms with E-state index >= 15 is 0 Å². The maximum atomic E-state index is 11.7. The number of barbiturate groups is 1. The molecule has 0 bridgehead atoms. The van der Waals surface area contributed by atoms with Crippen LogP contribution in [0.5, 0.6) is 5.75 Å². The molecule has 1 saturated heterocycles. The van der Waals surface area contributed by atoms with E-state index in [1.807, 2.05) is 34.9 Å². The fourth-order valence-corrected chi connectivity index (χ4v) is 2.75. The van der Waals surface area contributed by atoms with E-state index in [0.29, 0.717) is 10.9 Å². The summed E-state index contributed by atoms with van der Waals surface area (Å²) in [4.78, 5) is 35.3. The Morgan fingerprint density at radius 2 is 1.67 bits per heavy atom. The third-order valence-corrected chi connectivity index (χ3v) is 4.04. The summed E-state index contributed by atoms with van der Waals surface area (Å²) in [5.74, 6) is -0.428. The van der Waals surface area contributed by atoms with Crippen LogP contribution in [0.3, 0.4) is 0 Å². The molecule has 3 rings (SSSR count). The SMILES string of the molecule is COc1ccc(Sc2ccc(C=C3C(=O)NC(=O)NC3=O)o2)cc1. The molecule has 0 spiro atoms. The third kappa shape index (κ3) is 3.49. The lowest BCUT2D eigenvalue weighted by molar-refractivity contribution is -0.123. The van der Waals surface area contributed by atoms with Crippen molar-refractivity contribution in [2.75, 3.05) is 7.11 Å². The smallest absolute Gasteiger partial charge is 0.328 e. The fourth-order valence-electron chi connectivity index (χ4n) is 1.98. The maximum Gasteiger partial charge on any atom is 0.328 e. The van der Waals surface area contributed by atoms with Crippen LogP contribution < -0.4 is 15.4 Å². The van der Waals surface area contributed by atoms with Gasteiger partial charge in [0.15, 0.2) is 5.09 Å². The summed E-state index contributed by atoms with van der Waals surface area (Å²) in [6.45, 7) is 0. The molecule has 1 aliphatic rings. The van der Waals surface area contributed by atoms with Crippen molar-refractivity contribution in [3.8, 4) is 5.75 Å². The molecular weight excluding hydrogens is 332 g/mol. The molecule has 0 atom stereocenters. The van der Waals surface area contributed by atoms with E-state index in [1.54, 1.807) is 19.2 Å². The Bertz CT molecular complexity index is 816. The number of furan rings is 1. The molecule has 1 aliphatic heterocycles. The van der Waals surface area contributed by atoms with Crippen molar-refractivity contribution in [2.24, 2.45) is 0 Å². The summed E-state index contributed by atoms with van der Waals surface area (Å²) in [5, 5.41) is 4.60. The standard InChI is InChI=1S/C16H12N2O5S/c1-22-9-2-5-11(6-3-9)24-13-7-4-10(23-13)8-12-14(19)17-16(21)18-15(12)20/h2-8H,1H3,(H2,17,18,19,20,21). The number of methoxy groups -OCH3 is 1. The Balaban J connectivity index is 1.75. The van der Waals surface area contributed by atoms with Gasteiger partial charge in [0.2, 0.25) is 0 Å². The van der Waals surface area contributed by atoms with Crippen LogP contribution in [0.1, 0.15) is 5.76 Å². The van der Waals surface area contributed by atoms with E-state index in [1.165, 1.54) is 17.8 Å². The Hall–Kier alpha value is -3.00. The number of nitrogens with one attached hydrogen (secondary N) is 2. The quantitative estimate of drug-likeness (QED) is 0.652. The van der Waals surface area contributed by atoms with E-state index < -0.39 is 17.8 Å². The van der Waals surface area contributed by atoms with E-state index in [2.05, 4.69) is 0 Å². The zero-order chi connectivity index (χ0) is 17.1. The maximum absolute atomic E-state index is 11.7. The Morgan fingerprint density at radius 3 is 2.29 bits per heavy atom. The molecule has 8 heteroatoms. The van der Waals surface area contributed by atoms with Crippen LogP contribution in [0.15, 0.2) is 56.4 Å². The second-order valence-electron chi connectivity index (χ2n) is 4.73. The first kappa shape index (κ1) is 15.9. The average molecular weight is 344 g/mol. The van der Waals surface area contributed by atoms with Crippen molar-refractivity contribution in [1.29, 1.82) is 0 Å². The zero-order valence-electron chi connectivity index (χ0n) is 12.5. The predicted molar refractivity (Wildman–Crippen MR) is 85.5 cm³/mol. The number of carbonyl (C=O) groups is 3. The molecule has 1 fully saturated rings. The van der Waals surface area contributed by atoms with Gasteiger partial charge in [-0.05, 0) is 42.5 Å². The number of amides is 4. The Labute approximate surface area is 141 Å². The third-order valence-electron chi connectivity index (χ3n) is 3.11. The number of ether oxygens (including phenoxy) is 1. The van der Waals surface area contributed by atoms with Crippen molar-refractivity contribution in [3.63, 3.8) is 0 Å². The summed E-state index contributed by atoms with van der Waals surface area (Å²) >= 11 is 1.38. The molecule has 0 unspecified atom stereocenters. The number of urea groups is 1. The molecular formula is C16H12N2O5S. The molecule has 2 N–H and O–H groups in total. The highest BCUT2D eigenvalue weighted by Crippen LogP contribution is 2.31.